The molecule has 0 saturated carbocycles. The molecule has 0 radical (unpaired) electrons. The van der Waals surface area contributed by atoms with E-state index in [4.69, 9.17) is 14.3 Å². The number of hydrogen-bond donors (Lipinski definition) is 1. The zero-order valence-electron chi connectivity index (χ0n) is 9.31. The molecule has 1 heterocycles. The first kappa shape index (κ1) is 11.2. The van der Waals surface area contributed by atoms with Gasteiger partial charge in [0.2, 0.25) is 0 Å². The molecule has 88 valence electrons. The highest BCUT2D eigenvalue weighted by atomic mass is 16.5. The van der Waals surface area contributed by atoms with Gasteiger partial charge in [0.05, 0.1) is 7.11 Å². The second-order valence-electron chi connectivity index (χ2n) is 3.56. The molecule has 1 N–H and O–H groups in total. The standard InChI is InChI=1S/C12H10O5/c1-6-8-5-7(16-2)3-4-9(8)17-12(15)10(6)11(13)14/h3-5H,1-2H3,(H,13,14). The van der Waals surface area contributed by atoms with Crippen LogP contribution in [0.1, 0.15) is 15.9 Å². The number of carbonyl (C=O) groups is 1. The molecule has 0 bridgehead atoms. The van der Waals surface area contributed by atoms with Gasteiger partial charge in [0.1, 0.15) is 16.9 Å². The largest absolute Gasteiger partial charge is 0.497 e. The predicted molar refractivity (Wildman–Crippen MR) is 60.7 cm³/mol. The Hall–Kier alpha value is -2.30. The van der Waals surface area contributed by atoms with E-state index in [-0.39, 0.29) is 5.56 Å². The molecule has 5 nitrogen and oxygen atoms in total. The first-order valence-electron chi connectivity index (χ1n) is 4.89. The number of rotatable bonds is 2. The van der Waals surface area contributed by atoms with Crippen LogP contribution in [0.25, 0.3) is 11.0 Å². The molecule has 5 heteroatoms. The van der Waals surface area contributed by atoms with E-state index in [0.717, 1.165) is 0 Å². The van der Waals surface area contributed by atoms with E-state index in [1.54, 1.807) is 25.1 Å². The average Bonchev–Trinajstić information content (AvgIpc) is 2.28. The van der Waals surface area contributed by atoms with Gasteiger partial charge in [-0.15, -0.1) is 0 Å². The minimum Gasteiger partial charge on any atom is -0.497 e. The summed E-state index contributed by atoms with van der Waals surface area (Å²) < 4.78 is 9.98. The summed E-state index contributed by atoms with van der Waals surface area (Å²) in [6.45, 7) is 1.57. The number of methoxy groups -OCH3 is 1. The first-order valence-corrected chi connectivity index (χ1v) is 4.89. The first-order chi connectivity index (χ1) is 8.04. The third kappa shape index (κ3) is 1.75. The molecule has 2 aromatic rings. The highest BCUT2D eigenvalue weighted by Crippen LogP contribution is 2.24. The summed E-state index contributed by atoms with van der Waals surface area (Å²) in [6.07, 6.45) is 0. The second kappa shape index (κ2) is 3.93. The van der Waals surface area contributed by atoms with Crippen LogP contribution in [-0.4, -0.2) is 18.2 Å². The molecule has 0 amide bonds. The number of benzene rings is 1. The molecule has 0 unspecified atom stereocenters. The SMILES string of the molecule is COc1ccc2oc(=O)c(C(=O)O)c(C)c2c1. The number of aromatic carboxylic acids is 1. The third-order valence-electron chi connectivity index (χ3n) is 2.59. The fraction of sp³-hybridized carbons (Fsp3) is 0.167. The van der Waals surface area contributed by atoms with Crippen molar-refractivity contribution in [3.05, 3.63) is 39.7 Å². The van der Waals surface area contributed by atoms with E-state index in [2.05, 4.69) is 0 Å². The Balaban J connectivity index is 2.88. The fourth-order valence-corrected chi connectivity index (χ4v) is 1.70. The normalized spacial score (nSPS) is 10.5. The number of hydrogen-bond acceptors (Lipinski definition) is 4. The van der Waals surface area contributed by atoms with Crippen molar-refractivity contribution in [2.75, 3.05) is 7.11 Å². The van der Waals surface area contributed by atoms with Gasteiger partial charge in [0.15, 0.2) is 0 Å². The van der Waals surface area contributed by atoms with Crippen LogP contribution >= 0.6 is 0 Å². The summed E-state index contributed by atoms with van der Waals surface area (Å²) in [6, 6.07) is 4.86. The summed E-state index contributed by atoms with van der Waals surface area (Å²) in [5.74, 6) is -0.716. The van der Waals surface area contributed by atoms with Crippen LogP contribution < -0.4 is 10.4 Å². The zero-order chi connectivity index (χ0) is 12.6. The van der Waals surface area contributed by atoms with E-state index < -0.39 is 11.6 Å². The van der Waals surface area contributed by atoms with Gasteiger partial charge >= 0.3 is 11.6 Å². The Kier molecular flexibility index (Phi) is 2.59. The zero-order valence-corrected chi connectivity index (χ0v) is 9.31. The molecule has 1 aromatic carbocycles. The molecular formula is C12H10O5. The van der Waals surface area contributed by atoms with Crippen LogP contribution in [0.4, 0.5) is 0 Å². The molecule has 0 spiro atoms. The molecular weight excluding hydrogens is 224 g/mol. The topological polar surface area (TPSA) is 76.7 Å². The van der Waals surface area contributed by atoms with Crippen LogP contribution in [0, 0.1) is 6.92 Å². The van der Waals surface area contributed by atoms with Crippen LogP contribution in [0.2, 0.25) is 0 Å². The lowest BCUT2D eigenvalue weighted by Crippen LogP contribution is -2.15. The molecule has 2 rings (SSSR count). The molecule has 0 atom stereocenters. The Bertz CT molecular complexity index is 654. The van der Waals surface area contributed by atoms with Crippen molar-refractivity contribution in [2.24, 2.45) is 0 Å². The van der Waals surface area contributed by atoms with E-state index in [1.165, 1.54) is 7.11 Å². The maximum atomic E-state index is 11.5. The summed E-state index contributed by atoms with van der Waals surface area (Å²) in [4.78, 5) is 22.4. The Morgan fingerprint density at radius 3 is 2.71 bits per heavy atom. The van der Waals surface area contributed by atoms with E-state index >= 15 is 0 Å². The summed E-state index contributed by atoms with van der Waals surface area (Å²) >= 11 is 0. The van der Waals surface area contributed by atoms with Gasteiger partial charge in [0.25, 0.3) is 0 Å². The molecule has 17 heavy (non-hydrogen) atoms. The average molecular weight is 234 g/mol. The summed E-state index contributed by atoms with van der Waals surface area (Å²) in [5, 5.41) is 9.50. The molecule has 0 fully saturated rings. The van der Waals surface area contributed by atoms with Gasteiger partial charge in [-0.2, -0.15) is 0 Å². The molecule has 0 aliphatic heterocycles. The van der Waals surface area contributed by atoms with Crippen molar-refractivity contribution >= 4 is 16.9 Å². The summed E-state index contributed by atoms with van der Waals surface area (Å²) in [7, 11) is 1.51. The highest BCUT2D eigenvalue weighted by Gasteiger charge is 2.17. The molecule has 0 aliphatic rings. The van der Waals surface area contributed by atoms with Crippen molar-refractivity contribution in [1.82, 2.24) is 0 Å². The van der Waals surface area contributed by atoms with Crippen LogP contribution in [0.15, 0.2) is 27.4 Å². The third-order valence-corrected chi connectivity index (χ3v) is 2.59. The molecule has 0 saturated heterocycles. The van der Waals surface area contributed by atoms with Crippen LogP contribution in [0.5, 0.6) is 5.75 Å². The van der Waals surface area contributed by atoms with E-state index in [1.807, 2.05) is 0 Å². The number of carboxylic acid groups (broad SMARTS) is 1. The highest BCUT2D eigenvalue weighted by molar-refractivity contribution is 5.95. The van der Waals surface area contributed by atoms with Crippen molar-refractivity contribution < 1.29 is 19.1 Å². The van der Waals surface area contributed by atoms with Gasteiger partial charge in [-0.05, 0) is 30.7 Å². The van der Waals surface area contributed by atoms with Gasteiger partial charge < -0.3 is 14.3 Å². The van der Waals surface area contributed by atoms with Gasteiger partial charge in [0, 0.05) is 5.39 Å². The summed E-state index contributed by atoms with van der Waals surface area (Å²) in [5.41, 5.74) is -0.459. The minimum atomic E-state index is -1.29. The van der Waals surface area contributed by atoms with Crippen LogP contribution in [0.3, 0.4) is 0 Å². The smallest absolute Gasteiger partial charge is 0.351 e. The monoisotopic (exact) mass is 234 g/mol. The molecule has 1 aromatic heterocycles. The van der Waals surface area contributed by atoms with E-state index in [9.17, 15) is 9.59 Å². The van der Waals surface area contributed by atoms with Gasteiger partial charge in [-0.3, -0.25) is 0 Å². The van der Waals surface area contributed by atoms with Crippen molar-refractivity contribution in [2.45, 2.75) is 6.92 Å². The Morgan fingerprint density at radius 1 is 1.41 bits per heavy atom. The lowest BCUT2D eigenvalue weighted by molar-refractivity contribution is 0.0691. The van der Waals surface area contributed by atoms with Crippen LogP contribution in [-0.2, 0) is 0 Å². The number of aryl methyl sites for hydroxylation is 1. The number of fused-ring (bicyclic) bond motifs is 1. The van der Waals surface area contributed by atoms with Gasteiger partial charge in [-0.25, -0.2) is 9.59 Å². The fourth-order valence-electron chi connectivity index (χ4n) is 1.70. The molecule has 0 aliphatic carbocycles. The Labute approximate surface area is 96.2 Å². The van der Waals surface area contributed by atoms with E-state index in [0.29, 0.717) is 22.3 Å². The minimum absolute atomic E-state index is 0.342. The maximum absolute atomic E-state index is 11.5. The lowest BCUT2D eigenvalue weighted by atomic mass is 10.1. The quantitative estimate of drug-likeness (QED) is 0.802. The van der Waals surface area contributed by atoms with Crippen molar-refractivity contribution in [3.8, 4) is 5.75 Å². The Morgan fingerprint density at radius 2 is 2.12 bits per heavy atom. The predicted octanol–water partition coefficient (Wildman–Crippen LogP) is 1.81. The second-order valence-corrected chi connectivity index (χ2v) is 3.56. The number of carboxylic acids is 1. The van der Waals surface area contributed by atoms with Crippen molar-refractivity contribution in [1.29, 1.82) is 0 Å². The van der Waals surface area contributed by atoms with Crippen molar-refractivity contribution in [3.63, 3.8) is 0 Å². The van der Waals surface area contributed by atoms with Gasteiger partial charge in [-0.1, -0.05) is 0 Å². The number of ether oxygens (including phenoxy) is 1. The lowest BCUT2D eigenvalue weighted by Gasteiger charge is -2.06. The maximum Gasteiger partial charge on any atom is 0.351 e.